The number of ether oxygens (including phenoxy) is 5. The van der Waals surface area contributed by atoms with Crippen LogP contribution in [0, 0.1) is 0 Å². The second kappa shape index (κ2) is 12.5. The Bertz CT molecular complexity index is 929. The molecule has 0 unspecified atom stereocenters. The third-order valence-corrected chi connectivity index (χ3v) is 4.51. The minimum atomic E-state index is -1.46. The first-order valence-electron chi connectivity index (χ1n) is 10.4. The molecule has 1 fully saturated rings. The van der Waals surface area contributed by atoms with Gasteiger partial charge in [-0.25, -0.2) is 4.79 Å². The fraction of sp³-hybridized carbons (Fsp3) is 0.435. The Morgan fingerprint density at radius 2 is 1.50 bits per heavy atom. The first-order valence-corrected chi connectivity index (χ1v) is 10.4. The van der Waals surface area contributed by atoms with E-state index in [0.29, 0.717) is 0 Å². The molecule has 184 valence electrons. The summed E-state index contributed by atoms with van der Waals surface area (Å²) in [6.45, 7) is 4.22. The number of carbonyl (C=O) groups excluding carboxylic acids is 5. The van der Waals surface area contributed by atoms with Gasteiger partial charge in [0.2, 0.25) is 12.2 Å². The van der Waals surface area contributed by atoms with Crippen molar-refractivity contribution in [2.45, 2.75) is 58.3 Å². The molecule has 1 aromatic carbocycles. The molecule has 1 amide bonds. The van der Waals surface area contributed by atoms with Gasteiger partial charge in [0.15, 0.2) is 12.2 Å². The van der Waals surface area contributed by atoms with Gasteiger partial charge in [0.25, 0.3) is 0 Å². The lowest BCUT2D eigenvalue weighted by molar-refractivity contribution is -0.270. The van der Waals surface area contributed by atoms with Gasteiger partial charge in [0.1, 0.15) is 18.8 Å². The molecule has 1 aliphatic rings. The predicted molar refractivity (Wildman–Crippen MR) is 116 cm³/mol. The summed E-state index contributed by atoms with van der Waals surface area (Å²) in [6, 6.07) is 7.73. The van der Waals surface area contributed by atoms with Crippen LogP contribution in [-0.4, -0.2) is 67.0 Å². The Hall–Kier alpha value is -3.73. The Labute approximate surface area is 196 Å². The molecule has 0 saturated carbocycles. The van der Waals surface area contributed by atoms with Crippen molar-refractivity contribution in [1.82, 2.24) is 5.32 Å². The van der Waals surface area contributed by atoms with E-state index in [1.165, 1.54) is 19.9 Å². The molecular formula is C23H27NO10. The molecule has 34 heavy (non-hydrogen) atoms. The third kappa shape index (κ3) is 8.32. The molecule has 1 saturated heterocycles. The van der Waals surface area contributed by atoms with E-state index in [2.05, 4.69) is 5.32 Å². The summed E-state index contributed by atoms with van der Waals surface area (Å²) in [4.78, 5) is 59.3. The predicted octanol–water partition coefficient (Wildman–Crippen LogP) is 0.899. The number of hydrogen-bond acceptors (Lipinski definition) is 10. The molecule has 0 spiro atoms. The summed E-state index contributed by atoms with van der Waals surface area (Å²) < 4.78 is 26.8. The summed E-state index contributed by atoms with van der Waals surface area (Å²) in [5.74, 6) is -3.49. The molecule has 1 heterocycles. The van der Waals surface area contributed by atoms with Crippen LogP contribution in [0.3, 0.4) is 0 Å². The van der Waals surface area contributed by atoms with Crippen LogP contribution in [0.25, 0.3) is 6.08 Å². The van der Waals surface area contributed by atoms with Crippen molar-refractivity contribution < 1.29 is 47.7 Å². The highest BCUT2D eigenvalue weighted by Gasteiger charge is 2.52. The fourth-order valence-electron chi connectivity index (χ4n) is 3.27. The number of nitrogens with one attached hydrogen (secondary N) is 1. The van der Waals surface area contributed by atoms with E-state index >= 15 is 0 Å². The van der Waals surface area contributed by atoms with Crippen molar-refractivity contribution in [3.8, 4) is 0 Å². The van der Waals surface area contributed by atoms with Gasteiger partial charge >= 0.3 is 23.9 Å². The molecule has 0 bridgehead atoms. The highest BCUT2D eigenvalue weighted by atomic mass is 16.7. The van der Waals surface area contributed by atoms with Crippen LogP contribution < -0.4 is 5.32 Å². The molecule has 1 N–H and O–H groups in total. The summed E-state index contributed by atoms with van der Waals surface area (Å²) in [5.41, 5.74) is 0.739. The Morgan fingerprint density at radius 3 is 2.06 bits per heavy atom. The number of esters is 4. The van der Waals surface area contributed by atoms with Crippen LogP contribution in [-0.2, 0) is 47.7 Å². The maximum absolute atomic E-state index is 12.5. The van der Waals surface area contributed by atoms with E-state index in [4.69, 9.17) is 23.7 Å². The second-order valence-electron chi connectivity index (χ2n) is 7.40. The van der Waals surface area contributed by atoms with E-state index in [0.717, 1.165) is 25.5 Å². The maximum atomic E-state index is 12.5. The van der Waals surface area contributed by atoms with Gasteiger partial charge in [0.05, 0.1) is 0 Å². The quantitative estimate of drug-likeness (QED) is 0.326. The van der Waals surface area contributed by atoms with Gasteiger partial charge in [-0.1, -0.05) is 30.3 Å². The van der Waals surface area contributed by atoms with Gasteiger partial charge in [-0.2, -0.15) is 0 Å². The van der Waals surface area contributed by atoms with Crippen LogP contribution in [0.15, 0.2) is 36.4 Å². The first-order chi connectivity index (χ1) is 16.1. The molecular weight excluding hydrogens is 450 g/mol. The Morgan fingerprint density at radius 1 is 0.882 bits per heavy atom. The number of hydrogen-bond donors (Lipinski definition) is 1. The van der Waals surface area contributed by atoms with E-state index in [1.807, 2.05) is 6.07 Å². The average Bonchev–Trinajstić information content (AvgIpc) is 2.75. The van der Waals surface area contributed by atoms with E-state index in [9.17, 15) is 24.0 Å². The average molecular weight is 477 g/mol. The molecule has 1 aliphatic heterocycles. The monoisotopic (exact) mass is 477 g/mol. The van der Waals surface area contributed by atoms with Crippen LogP contribution in [0.5, 0.6) is 0 Å². The number of carbonyl (C=O) groups is 5. The lowest BCUT2D eigenvalue weighted by Crippen LogP contribution is -2.66. The zero-order valence-corrected chi connectivity index (χ0v) is 19.2. The first kappa shape index (κ1) is 26.5. The highest BCUT2D eigenvalue weighted by molar-refractivity contribution is 5.87. The van der Waals surface area contributed by atoms with Crippen molar-refractivity contribution >= 4 is 35.9 Å². The fourth-order valence-corrected chi connectivity index (χ4v) is 3.27. The van der Waals surface area contributed by atoms with Gasteiger partial charge in [0, 0.05) is 33.8 Å². The second-order valence-corrected chi connectivity index (χ2v) is 7.40. The number of rotatable bonds is 8. The standard InChI is InChI=1S/C23H27NO10/c1-13(25)24-20-22(32-16(4)28)21(31-15(3)27)18(12-30-14(2)26)33-23(20)34-19(29)11-10-17-8-6-5-7-9-17/h5-11,18,20-23H,12H2,1-4H3,(H,24,25)/b11-10+/t18-,20+,21+,22-,23+/m0/s1. The minimum absolute atomic E-state index is 0.397. The van der Waals surface area contributed by atoms with Crippen molar-refractivity contribution in [3.63, 3.8) is 0 Å². The van der Waals surface area contributed by atoms with Crippen molar-refractivity contribution in [3.05, 3.63) is 42.0 Å². The number of amides is 1. The van der Waals surface area contributed by atoms with Gasteiger partial charge in [-0.15, -0.1) is 0 Å². The summed E-state index contributed by atoms with van der Waals surface area (Å²) >= 11 is 0. The summed E-state index contributed by atoms with van der Waals surface area (Å²) in [7, 11) is 0. The Balaban J connectivity index is 2.35. The van der Waals surface area contributed by atoms with Crippen molar-refractivity contribution in [2.75, 3.05) is 6.61 Å². The van der Waals surface area contributed by atoms with E-state index in [1.54, 1.807) is 24.3 Å². The molecule has 0 radical (unpaired) electrons. The molecule has 11 heteroatoms. The zero-order valence-electron chi connectivity index (χ0n) is 19.2. The van der Waals surface area contributed by atoms with Crippen molar-refractivity contribution in [2.24, 2.45) is 0 Å². The molecule has 0 aromatic heterocycles. The topological polar surface area (TPSA) is 144 Å². The SMILES string of the molecule is CC(=O)N[C@H]1[C@@H](OC(=O)/C=C/c2ccccc2)O[C@@H](COC(C)=O)[C@@H](OC(C)=O)[C@H]1OC(C)=O. The minimum Gasteiger partial charge on any atom is -0.463 e. The molecule has 11 nitrogen and oxygen atoms in total. The summed E-state index contributed by atoms with van der Waals surface area (Å²) in [5, 5.41) is 2.51. The molecule has 1 aromatic rings. The highest BCUT2D eigenvalue weighted by Crippen LogP contribution is 2.28. The van der Waals surface area contributed by atoms with Crippen molar-refractivity contribution in [1.29, 1.82) is 0 Å². The smallest absolute Gasteiger partial charge is 0.333 e. The molecule has 5 atom stereocenters. The molecule has 0 aliphatic carbocycles. The van der Waals surface area contributed by atoms with Gasteiger partial charge < -0.3 is 29.0 Å². The number of benzene rings is 1. The van der Waals surface area contributed by atoms with Crippen LogP contribution in [0.2, 0.25) is 0 Å². The summed E-state index contributed by atoms with van der Waals surface area (Å²) in [6.07, 6.45) is -2.54. The van der Waals surface area contributed by atoms with Gasteiger partial charge in [-0.3, -0.25) is 19.2 Å². The van der Waals surface area contributed by atoms with Gasteiger partial charge in [-0.05, 0) is 11.6 Å². The maximum Gasteiger partial charge on any atom is 0.333 e. The lowest BCUT2D eigenvalue weighted by Gasteiger charge is -2.44. The lowest BCUT2D eigenvalue weighted by atomic mass is 9.96. The van der Waals surface area contributed by atoms with Crippen LogP contribution in [0.1, 0.15) is 33.3 Å². The zero-order chi connectivity index (χ0) is 25.3. The normalized spacial score (nSPS) is 24.1. The molecule has 2 rings (SSSR count). The van der Waals surface area contributed by atoms with E-state index in [-0.39, 0.29) is 0 Å². The van der Waals surface area contributed by atoms with Crippen LogP contribution in [0.4, 0.5) is 0 Å². The van der Waals surface area contributed by atoms with Crippen LogP contribution >= 0.6 is 0 Å². The largest absolute Gasteiger partial charge is 0.463 e. The van der Waals surface area contributed by atoms with E-state index < -0.39 is 67.0 Å². The third-order valence-electron chi connectivity index (χ3n) is 4.51. The Kier molecular flexibility index (Phi) is 9.75.